The third kappa shape index (κ3) is 4.14. The first-order chi connectivity index (χ1) is 16.0. The summed E-state index contributed by atoms with van der Waals surface area (Å²) in [6, 6.07) is 14.2. The van der Waals surface area contributed by atoms with Crippen molar-refractivity contribution in [3.8, 4) is 10.6 Å². The maximum Gasteiger partial charge on any atom is 0.260 e. The number of carbonyl (C=O) groups is 1. The van der Waals surface area contributed by atoms with E-state index in [0.29, 0.717) is 5.56 Å². The van der Waals surface area contributed by atoms with E-state index in [2.05, 4.69) is 34.6 Å². The van der Waals surface area contributed by atoms with Crippen LogP contribution < -0.4 is 10.2 Å². The molecule has 168 valence electrons. The normalized spacial score (nSPS) is 16.2. The number of fused-ring (bicyclic) bond motifs is 1. The van der Waals surface area contributed by atoms with Crippen LogP contribution in [0.15, 0.2) is 48.7 Å². The lowest BCUT2D eigenvalue weighted by Gasteiger charge is -2.35. The lowest BCUT2D eigenvalue weighted by molar-refractivity contribution is 0.0971. The number of anilines is 1. The summed E-state index contributed by atoms with van der Waals surface area (Å²) in [5.41, 5.74) is 3.73. The summed E-state index contributed by atoms with van der Waals surface area (Å²) in [6.07, 6.45) is 3.79. The number of aromatic nitrogens is 3. The van der Waals surface area contributed by atoms with Crippen LogP contribution >= 0.6 is 11.3 Å². The Morgan fingerprint density at radius 3 is 2.70 bits per heavy atom. The van der Waals surface area contributed by atoms with Crippen LogP contribution in [0.4, 0.5) is 5.82 Å². The summed E-state index contributed by atoms with van der Waals surface area (Å²) in [5.74, 6) is 0.733. The van der Waals surface area contributed by atoms with E-state index in [1.807, 2.05) is 49.1 Å². The van der Waals surface area contributed by atoms with Crippen molar-refractivity contribution >= 4 is 33.8 Å². The average Bonchev–Trinajstić information content (AvgIpc) is 3.26. The summed E-state index contributed by atoms with van der Waals surface area (Å²) in [5, 5.41) is 15.8. The highest BCUT2D eigenvalue weighted by atomic mass is 32.1. The second kappa shape index (κ2) is 9.00. The second-order valence-corrected chi connectivity index (χ2v) is 9.82. The molecule has 0 aliphatic carbocycles. The van der Waals surface area contributed by atoms with Gasteiger partial charge in [0.2, 0.25) is 0 Å². The third-order valence-corrected chi connectivity index (χ3v) is 7.18. The van der Waals surface area contributed by atoms with Crippen LogP contribution in [0, 0.1) is 20.8 Å². The molecule has 33 heavy (non-hydrogen) atoms. The number of benzene rings is 2. The van der Waals surface area contributed by atoms with Crippen LogP contribution in [-0.4, -0.2) is 40.2 Å². The summed E-state index contributed by atoms with van der Waals surface area (Å²) < 4.78 is 0. The SMILES string of the molecule is Cc1nnc(-c2ccc(C(=O)N(c3nccc4cccc(C)c34)[C@@H]3CCCNC3)c(C)c2)s1. The zero-order chi connectivity index (χ0) is 22.9. The van der Waals surface area contributed by atoms with E-state index in [4.69, 9.17) is 4.98 Å². The zero-order valence-corrected chi connectivity index (χ0v) is 19.9. The predicted octanol–water partition coefficient (Wildman–Crippen LogP) is 5.08. The molecule has 0 spiro atoms. The lowest BCUT2D eigenvalue weighted by atomic mass is 9.99. The molecule has 1 amide bonds. The van der Waals surface area contributed by atoms with Gasteiger partial charge in [-0.3, -0.25) is 9.69 Å². The monoisotopic (exact) mass is 457 g/mol. The minimum atomic E-state index is -0.00977. The van der Waals surface area contributed by atoms with E-state index < -0.39 is 0 Å². The second-order valence-electron chi connectivity index (χ2n) is 8.64. The fourth-order valence-corrected chi connectivity index (χ4v) is 5.33. The molecule has 2 aromatic carbocycles. The van der Waals surface area contributed by atoms with E-state index in [-0.39, 0.29) is 11.9 Å². The van der Waals surface area contributed by atoms with Gasteiger partial charge in [-0.15, -0.1) is 10.2 Å². The van der Waals surface area contributed by atoms with Gasteiger partial charge in [0.25, 0.3) is 5.91 Å². The van der Waals surface area contributed by atoms with E-state index in [0.717, 1.165) is 69.2 Å². The smallest absolute Gasteiger partial charge is 0.260 e. The topological polar surface area (TPSA) is 71.0 Å². The quantitative estimate of drug-likeness (QED) is 0.463. The first-order valence-electron chi connectivity index (χ1n) is 11.3. The van der Waals surface area contributed by atoms with Crippen LogP contribution in [0.3, 0.4) is 0 Å². The number of hydrogen-bond donors (Lipinski definition) is 1. The molecule has 1 aliphatic rings. The maximum atomic E-state index is 14.1. The molecule has 5 rings (SSSR count). The molecule has 1 saturated heterocycles. The highest BCUT2D eigenvalue weighted by Gasteiger charge is 2.31. The minimum absolute atomic E-state index is 0.00977. The number of amides is 1. The van der Waals surface area contributed by atoms with E-state index in [1.54, 1.807) is 17.5 Å². The first kappa shape index (κ1) is 21.7. The fourth-order valence-electron chi connectivity index (χ4n) is 4.64. The van der Waals surface area contributed by atoms with Gasteiger partial charge >= 0.3 is 0 Å². The van der Waals surface area contributed by atoms with Crippen molar-refractivity contribution in [2.45, 2.75) is 39.7 Å². The number of rotatable bonds is 4. The molecular formula is C26H27N5OS. The number of nitrogens with one attached hydrogen (secondary N) is 1. The number of piperidine rings is 1. The van der Waals surface area contributed by atoms with E-state index in [9.17, 15) is 4.79 Å². The van der Waals surface area contributed by atoms with Gasteiger partial charge in [-0.25, -0.2) is 4.98 Å². The predicted molar refractivity (Wildman–Crippen MR) is 134 cm³/mol. The van der Waals surface area contributed by atoms with Gasteiger partial charge < -0.3 is 5.32 Å². The van der Waals surface area contributed by atoms with E-state index >= 15 is 0 Å². The van der Waals surface area contributed by atoms with Crippen LogP contribution in [0.1, 0.15) is 39.3 Å². The van der Waals surface area contributed by atoms with Gasteiger partial charge in [0.15, 0.2) is 0 Å². The number of aryl methyl sites for hydroxylation is 3. The van der Waals surface area contributed by atoms with Crippen molar-refractivity contribution in [2.24, 2.45) is 0 Å². The molecule has 7 heteroatoms. The first-order valence-corrected chi connectivity index (χ1v) is 12.1. The zero-order valence-electron chi connectivity index (χ0n) is 19.1. The molecule has 6 nitrogen and oxygen atoms in total. The van der Waals surface area contributed by atoms with Crippen LogP contribution in [-0.2, 0) is 0 Å². The standard InChI is InChI=1S/C26H27N5OS/c1-16-6-4-7-19-11-13-28-24(23(16)19)31(21-8-5-12-27-15-21)26(32)22-10-9-20(14-17(22)2)25-30-29-18(3)33-25/h4,6-7,9-11,13-14,21,27H,5,8,12,15H2,1-3H3/t21-/m1/s1. The molecule has 0 unspecified atom stereocenters. The molecule has 4 aromatic rings. The van der Waals surface area contributed by atoms with Crippen LogP contribution in [0.25, 0.3) is 21.3 Å². The van der Waals surface area contributed by atoms with Gasteiger partial charge in [0.05, 0.1) is 6.04 Å². The summed E-state index contributed by atoms with van der Waals surface area (Å²) in [7, 11) is 0. The third-order valence-electron chi connectivity index (χ3n) is 6.29. The number of pyridine rings is 1. The van der Waals surface area contributed by atoms with Crippen LogP contribution in [0.5, 0.6) is 0 Å². The van der Waals surface area contributed by atoms with Gasteiger partial charge in [-0.1, -0.05) is 35.6 Å². The van der Waals surface area contributed by atoms with Crippen molar-refractivity contribution in [1.82, 2.24) is 20.5 Å². The molecule has 0 bridgehead atoms. The Morgan fingerprint density at radius 1 is 1.09 bits per heavy atom. The molecular weight excluding hydrogens is 430 g/mol. The Balaban J connectivity index is 1.60. The Bertz CT molecular complexity index is 1320. The number of hydrogen-bond acceptors (Lipinski definition) is 6. The van der Waals surface area contributed by atoms with Crippen molar-refractivity contribution in [3.05, 3.63) is 70.4 Å². The lowest BCUT2D eigenvalue weighted by Crippen LogP contribution is -2.49. The van der Waals surface area contributed by atoms with Crippen molar-refractivity contribution in [3.63, 3.8) is 0 Å². The highest BCUT2D eigenvalue weighted by molar-refractivity contribution is 7.14. The highest BCUT2D eigenvalue weighted by Crippen LogP contribution is 2.32. The molecule has 3 heterocycles. The molecule has 2 aromatic heterocycles. The molecule has 1 fully saturated rings. The fraction of sp³-hybridized carbons (Fsp3) is 0.308. The summed E-state index contributed by atoms with van der Waals surface area (Å²) >= 11 is 1.56. The largest absolute Gasteiger partial charge is 0.315 e. The van der Waals surface area contributed by atoms with Crippen LogP contribution in [0.2, 0.25) is 0 Å². The van der Waals surface area contributed by atoms with Crippen molar-refractivity contribution < 1.29 is 4.79 Å². The molecule has 1 aliphatic heterocycles. The van der Waals surface area contributed by atoms with Gasteiger partial charge in [0.1, 0.15) is 15.8 Å². The molecule has 0 radical (unpaired) electrons. The maximum absolute atomic E-state index is 14.1. The summed E-state index contributed by atoms with van der Waals surface area (Å²) in [6.45, 7) is 7.76. The van der Waals surface area contributed by atoms with Gasteiger partial charge in [0, 0.05) is 29.3 Å². The minimum Gasteiger partial charge on any atom is -0.315 e. The number of nitrogens with zero attached hydrogens (tertiary/aromatic N) is 4. The Labute approximate surface area is 197 Å². The Hall–Kier alpha value is -3.16. The Morgan fingerprint density at radius 2 is 1.97 bits per heavy atom. The van der Waals surface area contributed by atoms with Gasteiger partial charge in [-0.05, 0) is 74.9 Å². The Kier molecular flexibility index (Phi) is 5.91. The summed E-state index contributed by atoms with van der Waals surface area (Å²) in [4.78, 5) is 20.8. The molecule has 0 saturated carbocycles. The number of carbonyl (C=O) groups excluding carboxylic acids is 1. The van der Waals surface area contributed by atoms with Crippen molar-refractivity contribution in [2.75, 3.05) is 18.0 Å². The van der Waals surface area contributed by atoms with E-state index in [1.165, 1.54) is 0 Å². The average molecular weight is 458 g/mol. The molecule has 1 atom stereocenters. The van der Waals surface area contributed by atoms with Crippen molar-refractivity contribution in [1.29, 1.82) is 0 Å². The van der Waals surface area contributed by atoms with Gasteiger partial charge in [-0.2, -0.15) is 0 Å². The molecule has 1 N–H and O–H groups in total.